The monoisotopic (exact) mass is 367 g/mol. The lowest BCUT2D eigenvalue weighted by atomic mass is 9.81. The van der Waals surface area contributed by atoms with Crippen molar-refractivity contribution in [1.82, 2.24) is 4.98 Å². The maximum absolute atomic E-state index is 11.6. The molecule has 1 aliphatic rings. The van der Waals surface area contributed by atoms with Crippen molar-refractivity contribution in [2.24, 2.45) is 0 Å². The van der Waals surface area contributed by atoms with Crippen LogP contribution in [0.1, 0.15) is 24.5 Å². The van der Waals surface area contributed by atoms with E-state index in [2.05, 4.69) is 4.98 Å². The topological polar surface area (TPSA) is 51.6 Å². The van der Waals surface area contributed by atoms with Crippen LogP contribution in [0.5, 0.6) is 0 Å². The van der Waals surface area contributed by atoms with E-state index in [0.29, 0.717) is 28.8 Å². The SMILES string of the molecule is CC1(C(O)(Cc2ccc(Cl)cc2Cl)c2cccnc2)OCCCO1. The van der Waals surface area contributed by atoms with Gasteiger partial charge in [0.1, 0.15) is 5.60 Å². The summed E-state index contributed by atoms with van der Waals surface area (Å²) in [4.78, 5) is 4.13. The zero-order valence-electron chi connectivity index (χ0n) is 13.3. The standard InChI is InChI=1S/C18H19Cl2NO3/c1-17(23-8-3-9-24-17)18(22,14-4-2-7-21-12-14)11-13-5-6-15(19)10-16(13)20/h2,4-7,10,12,22H,3,8-9,11H2,1H3. The lowest BCUT2D eigenvalue weighted by molar-refractivity contribution is -0.338. The molecule has 3 rings (SSSR count). The Balaban J connectivity index is 2.05. The summed E-state index contributed by atoms with van der Waals surface area (Å²) in [5.74, 6) is -1.20. The van der Waals surface area contributed by atoms with Gasteiger partial charge in [0, 0.05) is 34.4 Å². The number of ether oxygens (including phenoxy) is 2. The summed E-state index contributed by atoms with van der Waals surface area (Å²) >= 11 is 12.3. The van der Waals surface area contributed by atoms with Gasteiger partial charge >= 0.3 is 0 Å². The summed E-state index contributed by atoms with van der Waals surface area (Å²) in [5, 5.41) is 12.7. The van der Waals surface area contributed by atoms with Gasteiger partial charge in [-0.3, -0.25) is 4.98 Å². The van der Waals surface area contributed by atoms with Crippen LogP contribution in [0.25, 0.3) is 0 Å². The fourth-order valence-corrected chi connectivity index (χ4v) is 3.42. The number of aliphatic hydroxyl groups is 1. The lowest BCUT2D eigenvalue weighted by Crippen LogP contribution is -2.57. The largest absolute Gasteiger partial charge is 0.379 e. The van der Waals surface area contributed by atoms with Crippen molar-refractivity contribution in [1.29, 1.82) is 0 Å². The molecule has 0 radical (unpaired) electrons. The maximum atomic E-state index is 11.6. The van der Waals surface area contributed by atoms with Gasteiger partial charge in [-0.2, -0.15) is 0 Å². The molecule has 0 amide bonds. The normalized spacial score (nSPS) is 19.7. The Morgan fingerprint density at radius 3 is 2.62 bits per heavy atom. The molecule has 1 fully saturated rings. The zero-order valence-corrected chi connectivity index (χ0v) is 14.8. The quantitative estimate of drug-likeness (QED) is 0.887. The summed E-state index contributed by atoms with van der Waals surface area (Å²) in [6, 6.07) is 8.79. The summed E-state index contributed by atoms with van der Waals surface area (Å²) < 4.78 is 11.7. The van der Waals surface area contributed by atoms with Gasteiger partial charge < -0.3 is 14.6 Å². The van der Waals surface area contributed by atoms with Crippen LogP contribution in [0, 0.1) is 0 Å². The predicted molar refractivity (Wildman–Crippen MR) is 93.2 cm³/mol. The van der Waals surface area contributed by atoms with Crippen molar-refractivity contribution >= 4 is 23.2 Å². The molecule has 2 heterocycles. The van der Waals surface area contributed by atoms with E-state index >= 15 is 0 Å². The minimum Gasteiger partial charge on any atom is -0.379 e. The van der Waals surface area contributed by atoms with Crippen LogP contribution in [0.2, 0.25) is 10.0 Å². The van der Waals surface area contributed by atoms with E-state index in [0.717, 1.165) is 12.0 Å². The van der Waals surface area contributed by atoms with Crippen molar-refractivity contribution in [2.45, 2.75) is 31.2 Å². The first-order valence-corrected chi connectivity index (χ1v) is 8.55. The number of rotatable bonds is 4. The molecule has 1 aromatic carbocycles. The van der Waals surface area contributed by atoms with Crippen LogP contribution in [0.15, 0.2) is 42.7 Å². The number of hydrogen-bond acceptors (Lipinski definition) is 4. The van der Waals surface area contributed by atoms with Crippen molar-refractivity contribution in [3.63, 3.8) is 0 Å². The fraction of sp³-hybridized carbons (Fsp3) is 0.389. The second-order valence-electron chi connectivity index (χ2n) is 6.01. The van der Waals surface area contributed by atoms with Gasteiger partial charge in [0.15, 0.2) is 5.79 Å². The number of benzene rings is 1. The van der Waals surface area contributed by atoms with Gasteiger partial charge in [0.2, 0.25) is 0 Å². The Hall–Kier alpha value is -1.17. The number of aromatic nitrogens is 1. The molecular formula is C18H19Cl2NO3. The van der Waals surface area contributed by atoms with E-state index in [-0.39, 0.29) is 6.42 Å². The first-order chi connectivity index (χ1) is 11.4. The minimum absolute atomic E-state index is 0.213. The van der Waals surface area contributed by atoms with E-state index in [1.165, 1.54) is 0 Å². The van der Waals surface area contributed by atoms with Gasteiger partial charge in [-0.15, -0.1) is 0 Å². The molecule has 6 heteroatoms. The molecule has 0 spiro atoms. The molecule has 0 bridgehead atoms. The molecule has 1 saturated heterocycles. The van der Waals surface area contributed by atoms with Crippen LogP contribution in [0.3, 0.4) is 0 Å². The molecule has 2 aromatic rings. The third kappa shape index (κ3) is 3.30. The Morgan fingerprint density at radius 1 is 1.25 bits per heavy atom. The van der Waals surface area contributed by atoms with Crippen molar-refractivity contribution in [3.05, 3.63) is 63.9 Å². The average Bonchev–Trinajstić information content (AvgIpc) is 2.58. The van der Waals surface area contributed by atoms with E-state index in [9.17, 15) is 5.11 Å². The Bertz CT molecular complexity index is 705. The highest BCUT2D eigenvalue weighted by atomic mass is 35.5. The summed E-state index contributed by atoms with van der Waals surface area (Å²) in [6.07, 6.45) is 4.28. The molecule has 1 unspecified atom stereocenters. The van der Waals surface area contributed by atoms with Crippen LogP contribution >= 0.6 is 23.2 Å². The molecule has 4 nitrogen and oxygen atoms in total. The molecule has 1 atom stereocenters. The highest BCUT2D eigenvalue weighted by molar-refractivity contribution is 6.35. The second-order valence-corrected chi connectivity index (χ2v) is 6.85. The highest BCUT2D eigenvalue weighted by Crippen LogP contribution is 2.42. The second kappa shape index (κ2) is 6.98. The zero-order chi connectivity index (χ0) is 17.2. The highest BCUT2D eigenvalue weighted by Gasteiger charge is 2.52. The number of halogens is 2. The van der Waals surface area contributed by atoms with Crippen LogP contribution in [-0.4, -0.2) is 29.1 Å². The third-order valence-electron chi connectivity index (χ3n) is 4.40. The Labute approximate surface area is 151 Å². The van der Waals surface area contributed by atoms with Crippen molar-refractivity contribution in [2.75, 3.05) is 13.2 Å². The molecule has 1 aromatic heterocycles. The predicted octanol–water partition coefficient (Wildman–Crippen LogP) is 3.97. The third-order valence-corrected chi connectivity index (χ3v) is 4.98. The maximum Gasteiger partial charge on any atom is 0.199 e. The van der Waals surface area contributed by atoms with Crippen LogP contribution in [0.4, 0.5) is 0 Å². The number of nitrogens with zero attached hydrogens (tertiary/aromatic N) is 1. The Morgan fingerprint density at radius 2 is 2.00 bits per heavy atom. The van der Waals surface area contributed by atoms with Crippen LogP contribution < -0.4 is 0 Å². The molecular weight excluding hydrogens is 349 g/mol. The fourth-order valence-electron chi connectivity index (χ4n) is 2.95. The van der Waals surface area contributed by atoms with Gasteiger partial charge in [-0.25, -0.2) is 0 Å². The van der Waals surface area contributed by atoms with Crippen molar-refractivity contribution < 1.29 is 14.6 Å². The Kier molecular flexibility index (Phi) is 5.13. The van der Waals surface area contributed by atoms with E-state index in [4.69, 9.17) is 32.7 Å². The van der Waals surface area contributed by atoms with E-state index in [1.807, 2.05) is 6.07 Å². The number of pyridine rings is 1. The first-order valence-electron chi connectivity index (χ1n) is 7.79. The van der Waals surface area contributed by atoms with Gasteiger partial charge in [-0.05, 0) is 37.1 Å². The van der Waals surface area contributed by atoms with E-state index < -0.39 is 11.4 Å². The molecule has 0 saturated carbocycles. The summed E-state index contributed by atoms with van der Waals surface area (Å²) in [5.41, 5.74) is -0.0778. The summed E-state index contributed by atoms with van der Waals surface area (Å²) in [7, 11) is 0. The molecule has 1 aliphatic heterocycles. The summed E-state index contributed by atoms with van der Waals surface area (Å²) in [6.45, 7) is 2.80. The number of hydrogen-bond donors (Lipinski definition) is 1. The first kappa shape index (κ1) is 17.6. The lowest BCUT2D eigenvalue weighted by Gasteiger charge is -2.46. The smallest absolute Gasteiger partial charge is 0.199 e. The molecule has 1 N–H and O–H groups in total. The van der Waals surface area contributed by atoms with Gasteiger partial charge in [0.05, 0.1) is 13.2 Å². The van der Waals surface area contributed by atoms with E-state index in [1.54, 1.807) is 43.6 Å². The van der Waals surface area contributed by atoms with Gasteiger partial charge in [0.25, 0.3) is 0 Å². The van der Waals surface area contributed by atoms with Crippen LogP contribution in [-0.2, 0) is 21.5 Å². The van der Waals surface area contributed by atoms with Gasteiger partial charge in [-0.1, -0.05) is 35.3 Å². The minimum atomic E-state index is -1.45. The molecule has 128 valence electrons. The molecule has 24 heavy (non-hydrogen) atoms. The molecule has 0 aliphatic carbocycles. The van der Waals surface area contributed by atoms with Crippen molar-refractivity contribution in [3.8, 4) is 0 Å². The average molecular weight is 368 g/mol.